The molecule has 0 aliphatic heterocycles. The molecule has 92 valence electrons. The normalized spacial score (nSPS) is 9.78. The smallest absolute Gasteiger partial charge is 0.180 e. The number of nitrogen functional groups attached to an aromatic ring is 1. The van der Waals surface area contributed by atoms with Gasteiger partial charge in [0.25, 0.3) is 0 Å². The number of nitrogens with two attached hydrogens (primary N) is 1. The van der Waals surface area contributed by atoms with Crippen molar-refractivity contribution in [2.75, 3.05) is 12.8 Å². The first-order valence-corrected chi connectivity index (χ1v) is 5.95. The van der Waals surface area contributed by atoms with E-state index in [1.165, 1.54) is 11.3 Å². The third kappa shape index (κ3) is 2.90. The lowest BCUT2D eigenvalue weighted by molar-refractivity contribution is 0.307. The van der Waals surface area contributed by atoms with Crippen LogP contribution in [-0.4, -0.2) is 12.1 Å². The zero-order valence-electron chi connectivity index (χ0n) is 9.71. The van der Waals surface area contributed by atoms with Crippen LogP contribution in [-0.2, 0) is 6.61 Å². The molecular formula is C12H11N3O2S. The van der Waals surface area contributed by atoms with Gasteiger partial charge in [-0.05, 0) is 12.1 Å². The molecule has 18 heavy (non-hydrogen) atoms. The van der Waals surface area contributed by atoms with E-state index in [-0.39, 0.29) is 0 Å². The number of aromatic nitrogens is 1. The number of anilines is 1. The molecule has 2 N–H and O–H groups in total. The second kappa shape index (κ2) is 5.38. The number of nitriles is 1. The summed E-state index contributed by atoms with van der Waals surface area (Å²) in [5, 5.41) is 9.40. The van der Waals surface area contributed by atoms with Gasteiger partial charge in [0.1, 0.15) is 18.1 Å². The third-order valence-corrected chi connectivity index (χ3v) is 3.00. The predicted octanol–water partition coefficient (Wildman–Crippen LogP) is 2.18. The number of methoxy groups -OCH3 is 1. The van der Waals surface area contributed by atoms with Gasteiger partial charge in [0, 0.05) is 12.3 Å². The fraction of sp³-hybridized carbons (Fsp3) is 0.167. The summed E-state index contributed by atoms with van der Waals surface area (Å²) in [6, 6.07) is 7.09. The lowest BCUT2D eigenvalue weighted by Gasteiger charge is -2.07. The van der Waals surface area contributed by atoms with Gasteiger partial charge in [-0.3, -0.25) is 0 Å². The molecule has 1 heterocycles. The van der Waals surface area contributed by atoms with Gasteiger partial charge < -0.3 is 15.2 Å². The van der Waals surface area contributed by atoms with Crippen LogP contribution in [0.4, 0.5) is 5.13 Å². The monoisotopic (exact) mass is 261 g/mol. The van der Waals surface area contributed by atoms with Crippen molar-refractivity contribution in [2.24, 2.45) is 0 Å². The van der Waals surface area contributed by atoms with Crippen molar-refractivity contribution in [3.8, 4) is 17.6 Å². The van der Waals surface area contributed by atoms with Crippen molar-refractivity contribution in [1.29, 1.82) is 5.26 Å². The molecule has 0 fully saturated rings. The molecule has 0 unspecified atom stereocenters. The molecule has 0 saturated carbocycles. The molecular weight excluding hydrogens is 250 g/mol. The minimum Gasteiger partial charge on any atom is -0.497 e. The van der Waals surface area contributed by atoms with Crippen LogP contribution in [0.25, 0.3) is 0 Å². The molecule has 0 radical (unpaired) electrons. The zero-order chi connectivity index (χ0) is 13.0. The predicted molar refractivity (Wildman–Crippen MR) is 68.6 cm³/mol. The lowest BCUT2D eigenvalue weighted by atomic mass is 10.2. The van der Waals surface area contributed by atoms with E-state index in [0.717, 1.165) is 4.88 Å². The highest BCUT2D eigenvalue weighted by atomic mass is 32.1. The van der Waals surface area contributed by atoms with E-state index in [1.807, 2.05) is 0 Å². The Kier molecular flexibility index (Phi) is 3.65. The maximum Gasteiger partial charge on any atom is 0.180 e. The standard InChI is InChI=1S/C12H11N3O2S/c1-16-9-2-8(5-13)3-10(4-9)17-7-11-6-15-12(14)18-11/h2-4,6H,7H2,1H3,(H2,14,15). The summed E-state index contributed by atoms with van der Waals surface area (Å²) in [5.74, 6) is 1.17. The quantitative estimate of drug-likeness (QED) is 0.912. The average Bonchev–Trinajstić information content (AvgIpc) is 2.81. The Balaban J connectivity index is 2.11. The van der Waals surface area contributed by atoms with Gasteiger partial charge in [-0.25, -0.2) is 4.98 Å². The van der Waals surface area contributed by atoms with Crippen molar-refractivity contribution >= 4 is 16.5 Å². The van der Waals surface area contributed by atoms with Crippen molar-refractivity contribution < 1.29 is 9.47 Å². The summed E-state index contributed by atoms with van der Waals surface area (Å²) in [5.41, 5.74) is 6.02. The van der Waals surface area contributed by atoms with Gasteiger partial charge in [0.05, 0.1) is 23.6 Å². The highest BCUT2D eigenvalue weighted by molar-refractivity contribution is 7.15. The fourth-order valence-corrected chi connectivity index (χ4v) is 1.98. The minimum atomic E-state index is 0.368. The fourth-order valence-electron chi connectivity index (χ4n) is 1.38. The lowest BCUT2D eigenvalue weighted by Crippen LogP contribution is -1.94. The Hall–Kier alpha value is -2.26. The van der Waals surface area contributed by atoms with Crippen LogP contribution in [0, 0.1) is 11.3 Å². The minimum absolute atomic E-state index is 0.368. The van der Waals surface area contributed by atoms with Crippen LogP contribution in [0.3, 0.4) is 0 Å². The number of hydrogen-bond donors (Lipinski definition) is 1. The maximum atomic E-state index is 8.89. The number of nitrogens with zero attached hydrogens (tertiary/aromatic N) is 2. The van der Waals surface area contributed by atoms with Crippen LogP contribution in [0.5, 0.6) is 11.5 Å². The first-order chi connectivity index (χ1) is 8.71. The first-order valence-electron chi connectivity index (χ1n) is 5.13. The summed E-state index contributed by atoms with van der Waals surface area (Å²) < 4.78 is 10.7. The molecule has 0 aliphatic carbocycles. The molecule has 0 aliphatic rings. The summed E-state index contributed by atoms with van der Waals surface area (Å²) >= 11 is 1.37. The molecule has 1 aromatic carbocycles. The molecule has 0 amide bonds. The summed E-state index contributed by atoms with van der Waals surface area (Å²) in [6.45, 7) is 0.368. The number of ether oxygens (including phenoxy) is 2. The maximum absolute atomic E-state index is 8.89. The van der Waals surface area contributed by atoms with Crippen molar-refractivity contribution in [3.63, 3.8) is 0 Å². The Morgan fingerprint density at radius 3 is 2.78 bits per heavy atom. The van der Waals surface area contributed by atoms with Gasteiger partial charge in [0.15, 0.2) is 5.13 Å². The number of thiazole rings is 1. The molecule has 0 bridgehead atoms. The second-order valence-corrected chi connectivity index (χ2v) is 4.61. The Morgan fingerprint density at radius 2 is 2.17 bits per heavy atom. The molecule has 0 spiro atoms. The average molecular weight is 261 g/mol. The van der Waals surface area contributed by atoms with E-state index in [1.54, 1.807) is 31.5 Å². The SMILES string of the molecule is COc1cc(C#N)cc(OCc2cnc(N)s2)c1. The van der Waals surface area contributed by atoms with Crippen molar-refractivity contribution in [2.45, 2.75) is 6.61 Å². The van der Waals surface area contributed by atoms with Crippen LogP contribution in [0.1, 0.15) is 10.4 Å². The summed E-state index contributed by atoms with van der Waals surface area (Å²) in [6.07, 6.45) is 1.67. The van der Waals surface area contributed by atoms with Crippen molar-refractivity contribution in [3.05, 3.63) is 34.8 Å². The second-order valence-electron chi connectivity index (χ2n) is 3.46. The van der Waals surface area contributed by atoms with E-state index in [2.05, 4.69) is 11.1 Å². The Morgan fingerprint density at radius 1 is 1.39 bits per heavy atom. The topological polar surface area (TPSA) is 81.2 Å². The van der Waals surface area contributed by atoms with Gasteiger partial charge in [-0.2, -0.15) is 5.26 Å². The summed E-state index contributed by atoms with van der Waals surface area (Å²) in [4.78, 5) is 4.86. The Bertz CT molecular complexity index is 589. The first kappa shape index (κ1) is 12.2. The highest BCUT2D eigenvalue weighted by Crippen LogP contribution is 2.24. The van der Waals surface area contributed by atoms with E-state index >= 15 is 0 Å². The summed E-state index contributed by atoms with van der Waals surface area (Å²) in [7, 11) is 1.55. The van der Waals surface area contributed by atoms with E-state index in [4.69, 9.17) is 20.5 Å². The highest BCUT2D eigenvalue weighted by Gasteiger charge is 2.04. The molecule has 1 aromatic heterocycles. The molecule has 0 atom stereocenters. The van der Waals surface area contributed by atoms with Gasteiger partial charge in [0.2, 0.25) is 0 Å². The van der Waals surface area contributed by atoms with E-state index in [9.17, 15) is 0 Å². The molecule has 2 rings (SSSR count). The Labute approximate surface area is 108 Å². The zero-order valence-corrected chi connectivity index (χ0v) is 10.5. The number of hydrogen-bond acceptors (Lipinski definition) is 6. The number of rotatable bonds is 4. The van der Waals surface area contributed by atoms with E-state index in [0.29, 0.717) is 28.8 Å². The molecule has 2 aromatic rings. The van der Waals surface area contributed by atoms with Gasteiger partial charge >= 0.3 is 0 Å². The van der Waals surface area contributed by atoms with Gasteiger partial charge in [-0.1, -0.05) is 11.3 Å². The van der Waals surface area contributed by atoms with Crippen LogP contribution >= 0.6 is 11.3 Å². The molecule has 6 heteroatoms. The third-order valence-electron chi connectivity index (χ3n) is 2.20. The van der Waals surface area contributed by atoms with Gasteiger partial charge in [-0.15, -0.1) is 0 Å². The van der Waals surface area contributed by atoms with Crippen LogP contribution in [0.2, 0.25) is 0 Å². The van der Waals surface area contributed by atoms with E-state index < -0.39 is 0 Å². The molecule has 5 nitrogen and oxygen atoms in total. The number of benzene rings is 1. The van der Waals surface area contributed by atoms with Crippen LogP contribution < -0.4 is 15.2 Å². The molecule has 0 saturated heterocycles. The van der Waals surface area contributed by atoms with Crippen molar-refractivity contribution in [1.82, 2.24) is 4.98 Å². The largest absolute Gasteiger partial charge is 0.497 e. The van der Waals surface area contributed by atoms with Crippen LogP contribution in [0.15, 0.2) is 24.4 Å².